The average Bonchev–Trinajstić information content (AvgIpc) is 2.20. The van der Waals surface area contributed by atoms with Crippen LogP contribution < -0.4 is 5.32 Å². The molecule has 0 aromatic heterocycles. The summed E-state index contributed by atoms with van der Waals surface area (Å²) in [5, 5.41) is 20.4. The quantitative estimate of drug-likeness (QED) is 0.766. The number of nitrogens with zero attached hydrogens (tertiary/aromatic N) is 1. The van der Waals surface area contributed by atoms with Crippen molar-refractivity contribution < 1.29 is 9.50 Å². The van der Waals surface area contributed by atoms with E-state index in [-0.39, 0.29) is 18.2 Å². The number of halogens is 1. The summed E-state index contributed by atoms with van der Waals surface area (Å²) in [6.07, 6.45) is 0. The highest BCUT2D eigenvalue weighted by Crippen LogP contribution is 2.16. The van der Waals surface area contributed by atoms with Crippen molar-refractivity contribution in [2.24, 2.45) is 0 Å². The highest BCUT2D eigenvalue weighted by Gasteiger charge is 2.05. The van der Waals surface area contributed by atoms with E-state index < -0.39 is 5.82 Å². The lowest BCUT2D eigenvalue weighted by molar-refractivity contribution is 0.281. The number of benzene rings is 1. The average molecular weight is 194 g/mol. The Balaban J connectivity index is 2.92. The van der Waals surface area contributed by atoms with Gasteiger partial charge in [-0.05, 0) is 25.1 Å². The summed E-state index contributed by atoms with van der Waals surface area (Å²) in [5.74, 6) is -0.441. The van der Waals surface area contributed by atoms with Crippen molar-refractivity contribution in [1.29, 1.82) is 5.26 Å². The lowest BCUT2D eigenvalue weighted by Gasteiger charge is -2.13. The first-order valence-electron chi connectivity index (χ1n) is 4.24. The maximum atomic E-state index is 12.7. The molecule has 0 aliphatic carbocycles. The van der Waals surface area contributed by atoms with Crippen LogP contribution >= 0.6 is 0 Å². The zero-order valence-electron chi connectivity index (χ0n) is 7.79. The Morgan fingerprint density at radius 1 is 1.64 bits per heavy atom. The van der Waals surface area contributed by atoms with Crippen molar-refractivity contribution in [1.82, 2.24) is 0 Å². The molecule has 4 heteroatoms. The zero-order chi connectivity index (χ0) is 10.6. The molecule has 0 fully saturated rings. The second-order valence-corrected chi connectivity index (χ2v) is 3.03. The van der Waals surface area contributed by atoms with Crippen molar-refractivity contribution in [3.05, 3.63) is 29.6 Å². The third-order valence-corrected chi connectivity index (χ3v) is 1.78. The van der Waals surface area contributed by atoms with Crippen LogP contribution in [-0.4, -0.2) is 17.8 Å². The van der Waals surface area contributed by atoms with Gasteiger partial charge in [-0.25, -0.2) is 4.39 Å². The number of anilines is 1. The van der Waals surface area contributed by atoms with Gasteiger partial charge in [0, 0.05) is 6.04 Å². The minimum atomic E-state index is -0.441. The molecule has 1 atom stereocenters. The van der Waals surface area contributed by atoms with Crippen LogP contribution in [0.15, 0.2) is 18.2 Å². The fourth-order valence-electron chi connectivity index (χ4n) is 1.05. The van der Waals surface area contributed by atoms with E-state index in [0.717, 1.165) is 6.07 Å². The largest absolute Gasteiger partial charge is 0.394 e. The van der Waals surface area contributed by atoms with Gasteiger partial charge in [-0.1, -0.05) is 0 Å². The zero-order valence-corrected chi connectivity index (χ0v) is 7.79. The fraction of sp³-hybridized carbons (Fsp3) is 0.300. The van der Waals surface area contributed by atoms with Crippen LogP contribution in [0.1, 0.15) is 12.5 Å². The smallest absolute Gasteiger partial charge is 0.124 e. The fourth-order valence-corrected chi connectivity index (χ4v) is 1.05. The van der Waals surface area contributed by atoms with E-state index in [1.165, 1.54) is 12.1 Å². The summed E-state index contributed by atoms with van der Waals surface area (Å²) in [5.41, 5.74) is 0.778. The van der Waals surface area contributed by atoms with Gasteiger partial charge in [0.25, 0.3) is 0 Å². The summed E-state index contributed by atoms with van der Waals surface area (Å²) in [6.45, 7) is 1.73. The van der Waals surface area contributed by atoms with E-state index in [1.54, 1.807) is 6.92 Å². The molecule has 0 amide bonds. The molecule has 0 saturated heterocycles. The summed E-state index contributed by atoms with van der Waals surface area (Å²) in [6, 6.07) is 5.64. The molecule has 1 aromatic carbocycles. The van der Waals surface area contributed by atoms with Crippen molar-refractivity contribution in [3.63, 3.8) is 0 Å². The molecular formula is C10H11FN2O. The van der Waals surface area contributed by atoms with Crippen molar-refractivity contribution in [3.8, 4) is 6.07 Å². The normalized spacial score (nSPS) is 11.9. The number of aliphatic hydroxyl groups is 1. The van der Waals surface area contributed by atoms with Gasteiger partial charge in [0.2, 0.25) is 0 Å². The van der Waals surface area contributed by atoms with Crippen LogP contribution in [0.4, 0.5) is 10.1 Å². The molecule has 0 heterocycles. The van der Waals surface area contributed by atoms with Gasteiger partial charge in [-0.15, -0.1) is 0 Å². The van der Waals surface area contributed by atoms with Crippen LogP contribution in [0.3, 0.4) is 0 Å². The third-order valence-electron chi connectivity index (χ3n) is 1.78. The Kier molecular flexibility index (Phi) is 3.43. The number of aliphatic hydroxyl groups excluding tert-OH is 1. The summed E-state index contributed by atoms with van der Waals surface area (Å²) in [4.78, 5) is 0. The molecule has 0 aliphatic heterocycles. The summed E-state index contributed by atoms with van der Waals surface area (Å²) < 4.78 is 12.7. The standard InChI is InChI=1S/C10H11FN2O/c1-7(6-14)13-10-3-2-9(11)4-8(10)5-12/h2-4,7,13-14H,6H2,1H3. The molecule has 2 N–H and O–H groups in total. The third kappa shape index (κ3) is 2.44. The Morgan fingerprint density at radius 3 is 2.93 bits per heavy atom. The number of hydrogen-bond acceptors (Lipinski definition) is 3. The van der Waals surface area contributed by atoms with Crippen LogP contribution in [0.5, 0.6) is 0 Å². The highest BCUT2D eigenvalue weighted by molar-refractivity contribution is 5.57. The first kappa shape index (κ1) is 10.5. The van der Waals surface area contributed by atoms with E-state index in [4.69, 9.17) is 10.4 Å². The molecule has 0 aliphatic rings. The predicted octanol–water partition coefficient (Wildman–Crippen LogP) is 1.49. The Hall–Kier alpha value is -1.60. The monoisotopic (exact) mass is 194 g/mol. The number of nitrogens with one attached hydrogen (secondary N) is 1. The Bertz CT molecular complexity index is 360. The van der Waals surface area contributed by atoms with E-state index in [1.807, 2.05) is 6.07 Å². The maximum Gasteiger partial charge on any atom is 0.124 e. The maximum absolute atomic E-state index is 12.7. The van der Waals surface area contributed by atoms with Gasteiger partial charge in [-0.3, -0.25) is 0 Å². The van der Waals surface area contributed by atoms with Crippen molar-refractivity contribution >= 4 is 5.69 Å². The van der Waals surface area contributed by atoms with Crippen LogP contribution in [0.25, 0.3) is 0 Å². The highest BCUT2D eigenvalue weighted by atomic mass is 19.1. The molecule has 1 unspecified atom stereocenters. The molecule has 0 bridgehead atoms. The van der Waals surface area contributed by atoms with Crippen LogP contribution in [0, 0.1) is 17.1 Å². The van der Waals surface area contributed by atoms with Crippen LogP contribution in [0.2, 0.25) is 0 Å². The second-order valence-electron chi connectivity index (χ2n) is 3.03. The summed E-state index contributed by atoms with van der Waals surface area (Å²) in [7, 11) is 0. The molecule has 1 rings (SSSR count). The van der Waals surface area contributed by atoms with Gasteiger partial charge in [-0.2, -0.15) is 5.26 Å². The lowest BCUT2D eigenvalue weighted by Crippen LogP contribution is -2.19. The predicted molar refractivity (Wildman–Crippen MR) is 51.3 cm³/mol. The first-order chi connectivity index (χ1) is 6.67. The van der Waals surface area contributed by atoms with Gasteiger partial charge >= 0.3 is 0 Å². The van der Waals surface area contributed by atoms with Gasteiger partial charge in [0.1, 0.15) is 11.9 Å². The second kappa shape index (κ2) is 4.58. The summed E-state index contributed by atoms with van der Waals surface area (Å²) >= 11 is 0. The first-order valence-corrected chi connectivity index (χ1v) is 4.24. The Morgan fingerprint density at radius 2 is 2.36 bits per heavy atom. The van der Waals surface area contributed by atoms with Crippen molar-refractivity contribution in [2.45, 2.75) is 13.0 Å². The van der Waals surface area contributed by atoms with Gasteiger partial charge in [0.15, 0.2) is 0 Å². The molecular weight excluding hydrogens is 183 g/mol. The molecule has 3 nitrogen and oxygen atoms in total. The molecule has 1 aromatic rings. The van der Waals surface area contributed by atoms with Crippen molar-refractivity contribution in [2.75, 3.05) is 11.9 Å². The van der Waals surface area contributed by atoms with E-state index in [2.05, 4.69) is 5.32 Å². The van der Waals surface area contributed by atoms with E-state index in [0.29, 0.717) is 5.69 Å². The lowest BCUT2D eigenvalue weighted by atomic mass is 10.1. The SMILES string of the molecule is CC(CO)Nc1ccc(F)cc1C#N. The molecule has 0 spiro atoms. The number of nitriles is 1. The number of hydrogen-bond donors (Lipinski definition) is 2. The molecule has 0 saturated carbocycles. The van der Waals surface area contributed by atoms with E-state index in [9.17, 15) is 4.39 Å². The molecule has 14 heavy (non-hydrogen) atoms. The van der Waals surface area contributed by atoms with E-state index >= 15 is 0 Å². The van der Waals surface area contributed by atoms with Gasteiger partial charge < -0.3 is 10.4 Å². The molecule has 74 valence electrons. The Labute approximate surface area is 81.8 Å². The minimum absolute atomic E-state index is 0.0394. The topological polar surface area (TPSA) is 56.0 Å². The minimum Gasteiger partial charge on any atom is -0.394 e. The van der Waals surface area contributed by atoms with Gasteiger partial charge in [0.05, 0.1) is 17.9 Å². The number of rotatable bonds is 3. The molecule has 0 radical (unpaired) electrons. The van der Waals surface area contributed by atoms with Crippen LogP contribution in [-0.2, 0) is 0 Å².